The number of nitrogens with zero attached hydrogens (tertiary/aromatic N) is 1. The Bertz CT molecular complexity index is 599. The second-order valence-electron chi connectivity index (χ2n) is 4.48. The second-order valence-corrected chi connectivity index (χ2v) is 5.34. The van der Waals surface area contributed by atoms with E-state index in [0.29, 0.717) is 12.1 Å². The number of hydrogen-bond donors (Lipinski definition) is 2. The molecule has 0 saturated carbocycles. The fourth-order valence-electron chi connectivity index (χ4n) is 1.91. The van der Waals surface area contributed by atoms with Gasteiger partial charge in [-0.1, -0.05) is 34.1 Å². The highest BCUT2D eigenvalue weighted by atomic mass is 79.9. The number of hydrogen-bond acceptors (Lipinski definition) is 3. The third-order valence-corrected chi connectivity index (χ3v) is 3.83. The highest BCUT2D eigenvalue weighted by Crippen LogP contribution is 2.29. The summed E-state index contributed by atoms with van der Waals surface area (Å²) in [6.07, 6.45) is -3.06. The summed E-state index contributed by atoms with van der Waals surface area (Å²) in [5.41, 5.74) is 3.26. The Hall–Kier alpha value is -1.44. The first kappa shape index (κ1) is 15.9. The lowest BCUT2D eigenvalue weighted by molar-refractivity contribution is -0.137. The number of pyridine rings is 1. The van der Waals surface area contributed by atoms with E-state index in [0.717, 1.165) is 22.3 Å². The highest BCUT2D eigenvalue weighted by molar-refractivity contribution is 9.10. The number of nitrogens with two attached hydrogens (primary N) is 1. The fourth-order valence-corrected chi connectivity index (χ4v) is 2.36. The minimum atomic E-state index is -4.39. The molecule has 1 heterocycles. The van der Waals surface area contributed by atoms with Crippen molar-refractivity contribution in [1.29, 1.82) is 0 Å². The summed E-state index contributed by atoms with van der Waals surface area (Å²) in [6.45, 7) is 0. The van der Waals surface area contributed by atoms with Gasteiger partial charge in [0, 0.05) is 10.7 Å². The lowest BCUT2D eigenvalue weighted by Crippen LogP contribution is -2.30. The van der Waals surface area contributed by atoms with Crippen LogP contribution in [0.4, 0.5) is 13.2 Å². The molecule has 0 amide bonds. The summed E-state index contributed by atoms with van der Waals surface area (Å²) in [6, 6.07) is 9.55. The first-order valence-corrected chi connectivity index (χ1v) is 6.94. The van der Waals surface area contributed by atoms with Gasteiger partial charge in [-0.3, -0.25) is 16.3 Å². The Morgan fingerprint density at radius 3 is 2.43 bits per heavy atom. The third-order valence-electron chi connectivity index (χ3n) is 3.05. The third kappa shape index (κ3) is 4.03. The van der Waals surface area contributed by atoms with Crippen LogP contribution >= 0.6 is 15.9 Å². The summed E-state index contributed by atoms with van der Waals surface area (Å²) < 4.78 is 38.5. The zero-order chi connectivity index (χ0) is 15.5. The highest BCUT2D eigenvalue weighted by Gasteiger charge is 2.31. The van der Waals surface area contributed by atoms with Crippen molar-refractivity contribution in [2.45, 2.75) is 18.6 Å². The summed E-state index contributed by atoms with van der Waals surface area (Å²) in [7, 11) is 0. The van der Waals surface area contributed by atoms with E-state index >= 15 is 0 Å². The maximum atomic E-state index is 12.5. The first-order valence-electron chi connectivity index (χ1n) is 6.14. The lowest BCUT2D eigenvalue weighted by Gasteiger charge is -2.17. The average Bonchev–Trinajstić information content (AvgIpc) is 2.46. The van der Waals surface area contributed by atoms with Crippen LogP contribution in [0.3, 0.4) is 0 Å². The molecule has 0 aliphatic rings. The molecule has 1 aromatic heterocycles. The average molecular weight is 360 g/mol. The SMILES string of the molecule is NNC(Cc1ccccc1Br)c1ccc(C(F)(F)F)cn1. The predicted molar refractivity (Wildman–Crippen MR) is 77.1 cm³/mol. The molecule has 0 saturated heterocycles. The van der Waals surface area contributed by atoms with E-state index in [1.807, 2.05) is 24.3 Å². The smallest absolute Gasteiger partial charge is 0.271 e. The minimum Gasteiger partial charge on any atom is -0.271 e. The maximum Gasteiger partial charge on any atom is 0.417 e. The largest absolute Gasteiger partial charge is 0.417 e. The Labute approximate surface area is 128 Å². The van der Waals surface area contributed by atoms with Crippen LogP contribution in [0.25, 0.3) is 0 Å². The number of hydrazine groups is 1. The van der Waals surface area contributed by atoms with E-state index in [9.17, 15) is 13.2 Å². The van der Waals surface area contributed by atoms with Gasteiger partial charge in [-0.25, -0.2) is 0 Å². The van der Waals surface area contributed by atoms with Crippen LogP contribution < -0.4 is 11.3 Å². The molecule has 2 aromatic rings. The van der Waals surface area contributed by atoms with E-state index < -0.39 is 11.7 Å². The van der Waals surface area contributed by atoms with Crippen molar-refractivity contribution in [3.05, 3.63) is 63.9 Å². The molecule has 3 N–H and O–H groups in total. The summed E-state index contributed by atoms with van der Waals surface area (Å²) in [4.78, 5) is 3.86. The zero-order valence-corrected chi connectivity index (χ0v) is 12.4. The molecular formula is C14H13BrF3N3. The number of aromatic nitrogens is 1. The van der Waals surface area contributed by atoms with E-state index in [-0.39, 0.29) is 6.04 Å². The molecule has 0 radical (unpaired) electrons. The fraction of sp³-hybridized carbons (Fsp3) is 0.214. The molecule has 1 atom stereocenters. The van der Waals surface area contributed by atoms with Gasteiger partial charge in [0.05, 0.1) is 17.3 Å². The number of halogens is 4. The molecule has 0 bridgehead atoms. The van der Waals surface area contributed by atoms with Crippen molar-refractivity contribution in [3.63, 3.8) is 0 Å². The molecule has 3 nitrogen and oxygen atoms in total. The first-order chi connectivity index (χ1) is 9.91. The Kier molecular flexibility index (Phi) is 4.97. The molecule has 7 heteroatoms. The van der Waals surface area contributed by atoms with Crippen molar-refractivity contribution in [2.75, 3.05) is 0 Å². The maximum absolute atomic E-state index is 12.5. The molecule has 1 unspecified atom stereocenters. The van der Waals surface area contributed by atoms with Crippen LogP contribution in [-0.4, -0.2) is 4.98 Å². The van der Waals surface area contributed by atoms with Gasteiger partial charge in [-0.15, -0.1) is 0 Å². The molecule has 0 spiro atoms. The van der Waals surface area contributed by atoms with Crippen LogP contribution in [0.1, 0.15) is 22.9 Å². The van der Waals surface area contributed by atoms with Gasteiger partial charge < -0.3 is 0 Å². The van der Waals surface area contributed by atoms with Crippen molar-refractivity contribution >= 4 is 15.9 Å². The Balaban J connectivity index is 2.20. The van der Waals surface area contributed by atoms with Gasteiger partial charge in [0.15, 0.2) is 0 Å². The van der Waals surface area contributed by atoms with Gasteiger partial charge in [-0.05, 0) is 30.2 Å². The Morgan fingerprint density at radius 2 is 1.90 bits per heavy atom. The Morgan fingerprint density at radius 1 is 1.19 bits per heavy atom. The predicted octanol–water partition coefficient (Wildman–Crippen LogP) is 3.61. The van der Waals surface area contributed by atoms with Crippen molar-refractivity contribution in [3.8, 4) is 0 Å². The van der Waals surface area contributed by atoms with Crippen LogP contribution in [-0.2, 0) is 12.6 Å². The summed E-state index contributed by atoms with van der Waals surface area (Å²) >= 11 is 3.43. The van der Waals surface area contributed by atoms with Gasteiger partial charge in [-0.2, -0.15) is 13.2 Å². The molecule has 1 aromatic carbocycles. The number of benzene rings is 1. The van der Waals surface area contributed by atoms with E-state index in [1.165, 1.54) is 6.07 Å². The monoisotopic (exact) mass is 359 g/mol. The van der Waals surface area contributed by atoms with Crippen LogP contribution in [0.2, 0.25) is 0 Å². The van der Waals surface area contributed by atoms with Gasteiger partial charge in [0.25, 0.3) is 0 Å². The second kappa shape index (κ2) is 6.55. The van der Waals surface area contributed by atoms with Gasteiger partial charge >= 0.3 is 6.18 Å². The quantitative estimate of drug-likeness (QED) is 0.647. The lowest BCUT2D eigenvalue weighted by atomic mass is 10.0. The van der Waals surface area contributed by atoms with Crippen LogP contribution in [0.15, 0.2) is 47.1 Å². The zero-order valence-electron chi connectivity index (χ0n) is 10.9. The number of alkyl halides is 3. The van der Waals surface area contributed by atoms with E-state index in [2.05, 4.69) is 26.3 Å². The van der Waals surface area contributed by atoms with Gasteiger partial charge in [0.1, 0.15) is 0 Å². The topological polar surface area (TPSA) is 50.9 Å². The molecular weight excluding hydrogens is 347 g/mol. The summed E-state index contributed by atoms with van der Waals surface area (Å²) in [5.74, 6) is 5.50. The number of nitrogens with one attached hydrogen (secondary N) is 1. The molecule has 0 aliphatic carbocycles. The molecule has 0 aliphatic heterocycles. The van der Waals surface area contributed by atoms with E-state index in [1.54, 1.807) is 0 Å². The summed E-state index contributed by atoms with van der Waals surface area (Å²) in [5, 5.41) is 0. The number of rotatable bonds is 4. The standard InChI is InChI=1S/C14H13BrF3N3/c15-11-4-2-1-3-9(11)7-13(21-19)12-6-5-10(8-20-12)14(16,17)18/h1-6,8,13,21H,7,19H2. The van der Waals surface area contributed by atoms with Crippen molar-refractivity contribution in [1.82, 2.24) is 10.4 Å². The molecule has 112 valence electrons. The molecule has 2 rings (SSSR count). The normalized spacial score (nSPS) is 13.2. The van der Waals surface area contributed by atoms with Crippen molar-refractivity contribution in [2.24, 2.45) is 5.84 Å². The molecule has 21 heavy (non-hydrogen) atoms. The molecule has 0 fully saturated rings. The van der Waals surface area contributed by atoms with Crippen LogP contribution in [0, 0.1) is 0 Å². The van der Waals surface area contributed by atoms with Gasteiger partial charge in [0.2, 0.25) is 0 Å². The van der Waals surface area contributed by atoms with Crippen LogP contribution in [0.5, 0.6) is 0 Å². The van der Waals surface area contributed by atoms with E-state index in [4.69, 9.17) is 5.84 Å². The van der Waals surface area contributed by atoms with Crippen molar-refractivity contribution < 1.29 is 13.2 Å². The minimum absolute atomic E-state index is 0.369.